The number of aryl methyl sites for hydroxylation is 1. The molecule has 10 heteroatoms. The number of likely N-dealkylation sites (N-methyl/N-ethyl adjacent to an activating group) is 1. The Balaban J connectivity index is 1.45. The quantitative estimate of drug-likeness (QED) is 0.364. The number of nitrogens with zero attached hydrogens (tertiary/aromatic N) is 3. The summed E-state index contributed by atoms with van der Waals surface area (Å²) in [6, 6.07) is 12.2. The minimum Gasteiger partial charge on any atom is -0.322 e. The molecule has 2 amide bonds. The molecule has 3 aromatic rings. The van der Waals surface area contributed by atoms with Gasteiger partial charge in [0.1, 0.15) is 0 Å². The van der Waals surface area contributed by atoms with Crippen LogP contribution in [0.15, 0.2) is 67.0 Å². The second kappa shape index (κ2) is 12.9. The van der Waals surface area contributed by atoms with Crippen molar-refractivity contribution >= 4 is 29.3 Å². The molecule has 1 aliphatic rings. The van der Waals surface area contributed by atoms with Gasteiger partial charge in [-0.1, -0.05) is 25.1 Å². The number of amides is 2. The molecule has 0 saturated carbocycles. The van der Waals surface area contributed by atoms with Crippen LogP contribution in [0, 0.1) is 6.92 Å². The molecule has 0 bridgehead atoms. The molecule has 1 saturated heterocycles. The predicted octanol–water partition coefficient (Wildman–Crippen LogP) is 5.45. The predicted molar refractivity (Wildman–Crippen MR) is 150 cm³/mol. The molecule has 7 nitrogen and oxygen atoms in total. The second-order valence-electron chi connectivity index (χ2n) is 9.67. The van der Waals surface area contributed by atoms with Crippen molar-refractivity contribution in [3.05, 3.63) is 94.8 Å². The number of rotatable bonds is 8. The average molecular weight is 552 g/mol. The summed E-state index contributed by atoms with van der Waals surface area (Å²) in [7, 11) is 0. The van der Waals surface area contributed by atoms with Crippen LogP contribution in [0.5, 0.6) is 0 Å². The number of hydrogen-bond donors (Lipinski definition) is 2. The molecule has 1 aromatic heterocycles. The van der Waals surface area contributed by atoms with Crippen LogP contribution in [0.25, 0.3) is 6.08 Å². The van der Waals surface area contributed by atoms with E-state index in [0.717, 1.165) is 36.8 Å². The Kier molecular flexibility index (Phi) is 9.34. The van der Waals surface area contributed by atoms with Gasteiger partial charge in [-0.05, 0) is 66.6 Å². The van der Waals surface area contributed by atoms with E-state index in [-0.39, 0.29) is 23.6 Å². The molecule has 40 heavy (non-hydrogen) atoms. The average Bonchev–Trinajstić information content (AvgIpc) is 2.94. The first-order valence-corrected chi connectivity index (χ1v) is 13.1. The van der Waals surface area contributed by atoms with E-state index in [1.54, 1.807) is 49.7 Å². The molecule has 2 heterocycles. The molecule has 0 aliphatic carbocycles. The van der Waals surface area contributed by atoms with Gasteiger partial charge >= 0.3 is 6.18 Å². The lowest BCUT2D eigenvalue weighted by Crippen LogP contribution is -2.45. The highest BCUT2D eigenvalue weighted by molar-refractivity contribution is 6.06. The molecule has 2 aromatic carbocycles. The number of carbonyl (C=O) groups excluding carboxylic acids is 2. The summed E-state index contributed by atoms with van der Waals surface area (Å²) in [5.41, 5.74) is 1.56. The summed E-state index contributed by atoms with van der Waals surface area (Å²) < 4.78 is 41.9. The smallest absolute Gasteiger partial charge is 0.322 e. The number of aromatic nitrogens is 1. The largest absolute Gasteiger partial charge is 0.416 e. The minimum absolute atomic E-state index is 0.0996. The summed E-state index contributed by atoms with van der Waals surface area (Å²) >= 11 is 0. The first kappa shape index (κ1) is 29.0. The van der Waals surface area contributed by atoms with E-state index in [0.29, 0.717) is 24.5 Å². The third kappa shape index (κ3) is 7.77. The lowest BCUT2D eigenvalue weighted by Gasteiger charge is -2.34. The lowest BCUT2D eigenvalue weighted by molar-refractivity contribution is -0.138. The Bertz CT molecular complexity index is 1370. The fourth-order valence-corrected chi connectivity index (χ4v) is 4.48. The van der Waals surface area contributed by atoms with Crippen LogP contribution in [-0.2, 0) is 17.5 Å². The van der Waals surface area contributed by atoms with Crippen LogP contribution in [0.1, 0.15) is 39.5 Å². The van der Waals surface area contributed by atoms with Gasteiger partial charge in [-0.2, -0.15) is 13.2 Å². The minimum atomic E-state index is -4.60. The van der Waals surface area contributed by atoms with Crippen LogP contribution in [-0.4, -0.2) is 59.3 Å². The van der Waals surface area contributed by atoms with E-state index in [1.165, 1.54) is 18.2 Å². The van der Waals surface area contributed by atoms with Crippen LogP contribution in [0.4, 0.5) is 24.5 Å². The van der Waals surface area contributed by atoms with Gasteiger partial charge < -0.3 is 15.5 Å². The third-order valence-corrected chi connectivity index (χ3v) is 6.85. The van der Waals surface area contributed by atoms with Gasteiger partial charge in [-0.3, -0.25) is 19.5 Å². The number of piperazine rings is 1. The van der Waals surface area contributed by atoms with Gasteiger partial charge in [0.15, 0.2) is 0 Å². The summed E-state index contributed by atoms with van der Waals surface area (Å²) in [6.45, 7) is 7.97. The molecule has 0 radical (unpaired) electrons. The van der Waals surface area contributed by atoms with Crippen molar-refractivity contribution in [2.45, 2.75) is 26.6 Å². The highest BCUT2D eigenvalue weighted by Gasteiger charge is 2.34. The van der Waals surface area contributed by atoms with E-state index >= 15 is 0 Å². The van der Waals surface area contributed by atoms with E-state index in [9.17, 15) is 22.8 Å². The topological polar surface area (TPSA) is 77.6 Å². The van der Waals surface area contributed by atoms with E-state index < -0.39 is 17.6 Å². The maximum absolute atomic E-state index is 14.0. The van der Waals surface area contributed by atoms with Gasteiger partial charge in [0.2, 0.25) is 5.91 Å². The molecule has 1 aliphatic heterocycles. The Hall–Kier alpha value is -4.02. The lowest BCUT2D eigenvalue weighted by atomic mass is 10.0. The molecule has 4 rings (SSSR count). The summed E-state index contributed by atoms with van der Waals surface area (Å²) in [6.07, 6.45) is 1.65. The molecule has 0 spiro atoms. The summed E-state index contributed by atoms with van der Waals surface area (Å²) in [5, 5.41) is 5.41. The maximum Gasteiger partial charge on any atom is 0.416 e. The van der Waals surface area contributed by atoms with E-state index in [4.69, 9.17) is 0 Å². The Morgan fingerprint density at radius 3 is 2.42 bits per heavy atom. The number of nitrogens with one attached hydrogen (secondary N) is 2. The van der Waals surface area contributed by atoms with Crippen LogP contribution in [0.3, 0.4) is 0 Å². The molecule has 1 fully saturated rings. The Labute approximate surface area is 231 Å². The van der Waals surface area contributed by atoms with Gasteiger partial charge in [0.25, 0.3) is 5.91 Å². The number of pyridine rings is 1. The third-order valence-electron chi connectivity index (χ3n) is 6.85. The van der Waals surface area contributed by atoms with Gasteiger partial charge in [-0.15, -0.1) is 0 Å². The van der Waals surface area contributed by atoms with Crippen LogP contribution < -0.4 is 10.6 Å². The fraction of sp³-hybridized carbons (Fsp3) is 0.300. The summed E-state index contributed by atoms with van der Waals surface area (Å²) in [5.74, 6) is -1.05. The van der Waals surface area contributed by atoms with Gasteiger partial charge in [0.05, 0.1) is 5.56 Å². The monoisotopic (exact) mass is 551 g/mol. The van der Waals surface area contributed by atoms with Crippen molar-refractivity contribution in [2.24, 2.45) is 0 Å². The van der Waals surface area contributed by atoms with E-state index in [1.807, 2.05) is 11.0 Å². The molecule has 0 unspecified atom stereocenters. The molecule has 2 N–H and O–H groups in total. The number of carbonyl (C=O) groups is 2. The van der Waals surface area contributed by atoms with Gasteiger partial charge in [-0.25, -0.2) is 0 Å². The first-order chi connectivity index (χ1) is 19.1. The molecule has 210 valence electrons. The second-order valence-corrected chi connectivity index (χ2v) is 9.67. The van der Waals surface area contributed by atoms with Crippen molar-refractivity contribution in [3.63, 3.8) is 0 Å². The maximum atomic E-state index is 14.0. The number of halogens is 3. The first-order valence-electron chi connectivity index (χ1n) is 13.1. The van der Waals surface area contributed by atoms with Crippen LogP contribution >= 0.6 is 0 Å². The number of benzene rings is 2. The Morgan fingerprint density at radius 2 is 1.75 bits per heavy atom. The van der Waals surface area contributed by atoms with E-state index in [2.05, 4.69) is 27.4 Å². The van der Waals surface area contributed by atoms with Crippen molar-refractivity contribution in [2.75, 3.05) is 43.4 Å². The highest BCUT2D eigenvalue weighted by atomic mass is 19.4. The van der Waals surface area contributed by atoms with Gasteiger partial charge in [0, 0.05) is 68.1 Å². The van der Waals surface area contributed by atoms with Crippen molar-refractivity contribution < 1.29 is 22.8 Å². The molecule has 0 atom stereocenters. The molecular weight excluding hydrogens is 519 g/mol. The van der Waals surface area contributed by atoms with Crippen molar-refractivity contribution in [3.8, 4) is 0 Å². The normalized spacial score (nSPS) is 14.8. The number of anilines is 2. The summed E-state index contributed by atoms with van der Waals surface area (Å²) in [4.78, 5) is 33.6. The zero-order valence-corrected chi connectivity index (χ0v) is 22.5. The zero-order chi connectivity index (χ0) is 28.7. The zero-order valence-electron chi connectivity index (χ0n) is 22.5. The van der Waals surface area contributed by atoms with Crippen molar-refractivity contribution in [1.82, 2.24) is 14.8 Å². The molecular formula is C30H32F3N5O2. The SMILES string of the molecule is CCN1CCN(Cc2ccc(C(=O)Nc3ccc(C)c(NC(=O)/C=C/c4cccnc4)c3)cc2C(F)(F)F)CC1. The number of alkyl halides is 3. The number of hydrogen-bond acceptors (Lipinski definition) is 5. The Morgan fingerprint density at radius 1 is 1.00 bits per heavy atom. The van der Waals surface area contributed by atoms with Crippen molar-refractivity contribution in [1.29, 1.82) is 0 Å². The van der Waals surface area contributed by atoms with Crippen LogP contribution in [0.2, 0.25) is 0 Å². The standard InChI is InChI=1S/C30H32F3N5O2/c1-3-37-13-15-38(16-14-37)20-24-9-8-23(17-26(24)30(31,32)33)29(40)35-25-10-6-21(2)27(18-25)36-28(39)11-7-22-5-4-12-34-19-22/h4-12,17-19H,3,13-16,20H2,1-2H3,(H,35,40)(H,36,39)/b11-7+. The fourth-order valence-electron chi connectivity index (χ4n) is 4.48. The highest BCUT2D eigenvalue weighted by Crippen LogP contribution is 2.34.